The zero-order chi connectivity index (χ0) is 18.4. The van der Waals surface area contributed by atoms with Crippen molar-refractivity contribution in [3.8, 4) is 11.5 Å². The smallest absolute Gasteiger partial charge is 0.347 e. The maximum Gasteiger partial charge on any atom is 0.347 e. The zero-order valence-electron chi connectivity index (χ0n) is 13.1. The molecule has 128 valence electrons. The van der Waals surface area contributed by atoms with Crippen LogP contribution < -0.4 is 11.3 Å². The van der Waals surface area contributed by atoms with E-state index in [1.165, 1.54) is 48.5 Å². The van der Waals surface area contributed by atoms with Crippen LogP contribution in [-0.2, 0) is 0 Å². The molecule has 4 rings (SSSR count). The normalized spacial score (nSPS) is 11.1. The van der Waals surface area contributed by atoms with Crippen LogP contribution >= 0.6 is 0 Å². The topological polar surface area (TPSA) is 118 Å². The van der Waals surface area contributed by atoms with Gasteiger partial charge in [0.15, 0.2) is 0 Å². The molecular formula is C19H10O7. The summed E-state index contributed by atoms with van der Waals surface area (Å²) in [5.74, 6) is -1.00. The number of aromatic hydroxyl groups is 2. The van der Waals surface area contributed by atoms with Crippen molar-refractivity contribution in [3.63, 3.8) is 0 Å². The molecule has 0 amide bonds. The lowest BCUT2D eigenvalue weighted by Crippen LogP contribution is -2.20. The molecule has 2 N–H and O–H groups in total. The second kappa shape index (κ2) is 5.59. The van der Waals surface area contributed by atoms with Gasteiger partial charge in [-0.2, -0.15) is 0 Å². The minimum Gasteiger partial charge on any atom is -0.508 e. The van der Waals surface area contributed by atoms with Crippen molar-refractivity contribution in [1.82, 2.24) is 0 Å². The molecule has 0 bridgehead atoms. The van der Waals surface area contributed by atoms with E-state index in [2.05, 4.69) is 0 Å². The van der Waals surface area contributed by atoms with Crippen molar-refractivity contribution < 1.29 is 23.8 Å². The van der Waals surface area contributed by atoms with Crippen molar-refractivity contribution in [2.45, 2.75) is 0 Å². The molecule has 2 aromatic carbocycles. The summed E-state index contributed by atoms with van der Waals surface area (Å²) in [6.07, 6.45) is 0. The van der Waals surface area contributed by atoms with Gasteiger partial charge in [0.1, 0.15) is 33.8 Å². The van der Waals surface area contributed by atoms with Crippen LogP contribution in [0.25, 0.3) is 21.9 Å². The largest absolute Gasteiger partial charge is 0.508 e. The molecule has 26 heavy (non-hydrogen) atoms. The van der Waals surface area contributed by atoms with Crippen LogP contribution in [0, 0.1) is 0 Å². The van der Waals surface area contributed by atoms with Crippen LogP contribution in [0.2, 0.25) is 0 Å². The summed E-state index contributed by atoms with van der Waals surface area (Å²) in [5.41, 5.74) is -2.17. The van der Waals surface area contributed by atoms with Crippen molar-refractivity contribution in [1.29, 1.82) is 0 Å². The molecule has 4 aromatic rings. The Kier molecular flexibility index (Phi) is 3.37. The molecule has 0 spiro atoms. The van der Waals surface area contributed by atoms with Gasteiger partial charge in [-0.3, -0.25) is 4.79 Å². The standard InChI is InChI=1S/C19H10O7/c20-11-1-3-15-9(5-11)7-13(18(23)25-15)17(22)14-8-10-6-12(21)2-4-16(10)26-19(14)24/h1-8,20-21H. The predicted octanol–water partition coefficient (Wildman–Crippen LogP) is 2.54. The van der Waals surface area contributed by atoms with Crippen LogP contribution in [-0.4, -0.2) is 16.0 Å². The Balaban J connectivity index is 1.92. The highest BCUT2D eigenvalue weighted by atomic mass is 16.4. The minimum absolute atomic E-state index is 0.0644. The van der Waals surface area contributed by atoms with Gasteiger partial charge in [0, 0.05) is 10.8 Å². The predicted molar refractivity (Wildman–Crippen MR) is 91.7 cm³/mol. The molecule has 0 aliphatic heterocycles. The Morgan fingerprint density at radius 2 is 1.12 bits per heavy atom. The Bertz CT molecular complexity index is 1210. The fourth-order valence-electron chi connectivity index (χ4n) is 2.68. The number of phenolic OH excluding ortho intramolecular Hbond substituents is 2. The van der Waals surface area contributed by atoms with Gasteiger partial charge in [-0.05, 0) is 48.5 Å². The number of hydrogen-bond acceptors (Lipinski definition) is 7. The van der Waals surface area contributed by atoms with Gasteiger partial charge in [-0.1, -0.05) is 0 Å². The number of carbonyl (C=O) groups is 1. The second-order valence-corrected chi connectivity index (χ2v) is 5.67. The van der Waals surface area contributed by atoms with Gasteiger partial charge in [-0.15, -0.1) is 0 Å². The van der Waals surface area contributed by atoms with Crippen molar-refractivity contribution >= 4 is 27.7 Å². The maximum absolute atomic E-state index is 12.7. The third-order valence-electron chi connectivity index (χ3n) is 3.92. The van der Waals surface area contributed by atoms with E-state index in [0.29, 0.717) is 10.8 Å². The van der Waals surface area contributed by atoms with E-state index in [4.69, 9.17) is 8.83 Å². The van der Waals surface area contributed by atoms with E-state index < -0.39 is 17.0 Å². The summed E-state index contributed by atoms with van der Waals surface area (Å²) in [5, 5.41) is 19.7. The number of benzene rings is 2. The van der Waals surface area contributed by atoms with E-state index in [-0.39, 0.29) is 33.8 Å². The number of phenols is 2. The lowest BCUT2D eigenvalue weighted by molar-refractivity contribution is 0.103. The molecule has 2 heterocycles. The highest BCUT2D eigenvalue weighted by Gasteiger charge is 2.20. The van der Waals surface area contributed by atoms with Gasteiger partial charge >= 0.3 is 11.3 Å². The third kappa shape index (κ3) is 2.51. The Morgan fingerprint density at radius 3 is 1.54 bits per heavy atom. The molecule has 0 fully saturated rings. The first-order valence-electron chi connectivity index (χ1n) is 7.51. The number of rotatable bonds is 2. The van der Waals surface area contributed by atoms with Gasteiger partial charge < -0.3 is 19.0 Å². The van der Waals surface area contributed by atoms with Gasteiger partial charge in [0.2, 0.25) is 5.78 Å². The van der Waals surface area contributed by atoms with Crippen LogP contribution in [0.1, 0.15) is 15.9 Å². The fraction of sp³-hybridized carbons (Fsp3) is 0. The summed E-state index contributed by atoms with van der Waals surface area (Å²) < 4.78 is 10.2. The maximum atomic E-state index is 12.7. The molecule has 0 saturated carbocycles. The molecule has 0 saturated heterocycles. The number of fused-ring (bicyclic) bond motifs is 2. The molecule has 0 aliphatic carbocycles. The highest BCUT2D eigenvalue weighted by Crippen LogP contribution is 2.22. The average molecular weight is 350 g/mol. The van der Waals surface area contributed by atoms with Gasteiger partial charge in [-0.25, -0.2) is 9.59 Å². The number of hydrogen-bond donors (Lipinski definition) is 2. The Morgan fingerprint density at radius 1 is 0.692 bits per heavy atom. The quantitative estimate of drug-likeness (QED) is 0.421. The highest BCUT2D eigenvalue weighted by molar-refractivity contribution is 6.10. The molecule has 0 radical (unpaired) electrons. The van der Waals surface area contributed by atoms with E-state index in [1.807, 2.05) is 0 Å². The fourth-order valence-corrected chi connectivity index (χ4v) is 2.68. The van der Waals surface area contributed by atoms with E-state index in [0.717, 1.165) is 0 Å². The number of carbonyl (C=O) groups excluding carboxylic acids is 1. The van der Waals surface area contributed by atoms with Crippen molar-refractivity contribution in [2.24, 2.45) is 0 Å². The molecule has 0 atom stereocenters. The first-order valence-corrected chi connectivity index (χ1v) is 7.51. The monoisotopic (exact) mass is 350 g/mol. The summed E-state index contributed by atoms with van der Waals surface area (Å²) in [4.78, 5) is 37.0. The van der Waals surface area contributed by atoms with Crippen LogP contribution in [0.15, 0.2) is 67.0 Å². The first kappa shape index (κ1) is 15.6. The van der Waals surface area contributed by atoms with E-state index in [9.17, 15) is 24.6 Å². The summed E-state index contributed by atoms with van der Waals surface area (Å²) in [6, 6.07) is 10.6. The Labute approximate surface area is 144 Å². The van der Waals surface area contributed by atoms with Crippen LogP contribution in [0.5, 0.6) is 11.5 Å². The molecule has 2 aromatic heterocycles. The lowest BCUT2D eigenvalue weighted by atomic mass is 10.0. The molecule has 7 nitrogen and oxygen atoms in total. The van der Waals surface area contributed by atoms with Crippen molar-refractivity contribution in [2.75, 3.05) is 0 Å². The summed E-state index contributed by atoms with van der Waals surface area (Å²) in [6.45, 7) is 0. The summed E-state index contributed by atoms with van der Waals surface area (Å²) in [7, 11) is 0. The summed E-state index contributed by atoms with van der Waals surface area (Å²) >= 11 is 0. The Hall–Kier alpha value is -3.87. The van der Waals surface area contributed by atoms with E-state index in [1.54, 1.807) is 0 Å². The molecular weight excluding hydrogens is 340 g/mol. The van der Waals surface area contributed by atoms with Crippen LogP contribution in [0.4, 0.5) is 0 Å². The number of ketones is 1. The SMILES string of the molecule is O=C(c1cc2cc(O)ccc2oc1=O)c1cc2cc(O)ccc2oc1=O. The van der Waals surface area contributed by atoms with E-state index >= 15 is 0 Å². The van der Waals surface area contributed by atoms with Crippen LogP contribution in [0.3, 0.4) is 0 Å². The second-order valence-electron chi connectivity index (χ2n) is 5.67. The minimum atomic E-state index is -0.913. The van der Waals surface area contributed by atoms with Gasteiger partial charge in [0.25, 0.3) is 0 Å². The molecule has 7 heteroatoms. The lowest BCUT2D eigenvalue weighted by Gasteiger charge is -2.03. The third-order valence-corrected chi connectivity index (χ3v) is 3.92. The molecule has 0 aliphatic rings. The average Bonchev–Trinajstić information content (AvgIpc) is 2.60. The zero-order valence-corrected chi connectivity index (χ0v) is 13.1. The van der Waals surface area contributed by atoms with Gasteiger partial charge in [0.05, 0.1) is 0 Å². The first-order chi connectivity index (χ1) is 12.4. The van der Waals surface area contributed by atoms with Crippen molar-refractivity contribution in [3.05, 3.63) is 80.5 Å². The molecule has 0 unspecified atom stereocenters.